The van der Waals surface area contributed by atoms with E-state index in [0.717, 1.165) is 0 Å². The first-order valence-corrected chi connectivity index (χ1v) is 7.63. The minimum absolute atomic E-state index is 0.139. The standard InChI is InChI=1S/C15H26O7/c1-13(2)17-7-9(20-13)10-15(5,18-8-16-6)11-12(19-10)22-14(3,4)21-11/h9-12H,7-8H2,1-6H3/t9-,10-,11+,12-,15+/m1/s1. The van der Waals surface area contributed by atoms with Gasteiger partial charge in [0.05, 0.1) is 6.61 Å². The molecule has 0 aromatic heterocycles. The zero-order valence-electron chi connectivity index (χ0n) is 14.1. The molecule has 3 aliphatic heterocycles. The maximum Gasteiger partial charge on any atom is 0.190 e. The Hall–Kier alpha value is -0.280. The number of fused-ring (bicyclic) bond motifs is 1. The Bertz CT molecular complexity index is 424. The molecule has 0 aromatic carbocycles. The van der Waals surface area contributed by atoms with Gasteiger partial charge in [0.25, 0.3) is 0 Å². The third kappa shape index (κ3) is 2.80. The molecule has 7 nitrogen and oxygen atoms in total. The van der Waals surface area contributed by atoms with Gasteiger partial charge in [0, 0.05) is 7.11 Å². The average molecular weight is 318 g/mol. The predicted molar refractivity (Wildman–Crippen MR) is 75.0 cm³/mol. The van der Waals surface area contributed by atoms with Crippen LogP contribution in [0.25, 0.3) is 0 Å². The topological polar surface area (TPSA) is 64.6 Å². The normalized spacial score (nSPS) is 46.1. The van der Waals surface area contributed by atoms with Crippen LogP contribution in [0.5, 0.6) is 0 Å². The van der Waals surface area contributed by atoms with E-state index in [0.29, 0.717) is 6.61 Å². The highest BCUT2D eigenvalue weighted by molar-refractivity contribution is 5.07. The van der Waals surface area contributed by atoms with Gasteiger partial charge in [0.2, 0.25) is 0 Å². The molecule has 0 spiro atoms. The summed E-state index contributed by atoms with van der Waals surface area (Å²) in [5, 5.41) is 0. The summed E-state index contributed by atoms with van der Waals surface area (Å²) in [7, 11) is 1.58. The minimum Gasteiger partial charge on any atom is -0.359 e. The number of hydrogen-bond donors (Lipinski definition) is 0. The Labute approximate surface area is 131 Å². The molecule has 3 rings (SSSR count). The first-order chi connectivity index (χ1) is 10.2. The van der Waals surface area contributed by atoms with Crippen molar-refractivity contribution in [2.75, 3.05) is 20.5 Å². The smallest absolute Gasteiger partial charge is 0.190 e. The van der Waals surface area contributed by atoms with Crippen molar-refractivity contribution in [2.24, 2.45) is 0 Å². The molecule has 0 amide bonds. The van der Waals surface area contributed by atoms with E-state index in [4.69, 9.17) is 33.2 Å². The second-order valence-electron chi connectivity index (χ2n) is 7.08. The van der Waals surface area contributed by atoms with Crippen molar-refractivity contribution in [1.82, 2.24) is 0 Å². The highest BCUT2D eigenvalue weighted by Gasteiger charge is 2.65. The highest BCUT2D eigenvalue weighted by atomic mass is 16.9. The largest absolute Gasteiger partial charge is 0.359 e. The first-order valence-electron chi connectivity index (χ1n) is 7.63. The Morgan fingerprint density at radius 1 is 0.955 bits per heavy atom. The zero-order valence-corrected chi connectivity index (χ0v) is 14.1. The van der Waals surface area contributed by atoms with Crippen molar-refractivity contribution in [2.45, 2.75) is 76.4 Å². The molecule has 0 aliphatic carbocycles. The Morgan fingerprint density at radius 3 is 2.27 bits per heavy atom. The van der Waals surface area contributed by atoms with Crippen LogP contribution in [0.1, 0.15) is 34.6 Å². The van der Waals surface area contributed by atoms with Crippen LogP contribution in [-0.2, 0) is 33.2 Å². The summed E-state index contributed by atoms with van der Waals surface area (Å²) in [6, 6.07) is 0. The lowest BCUT2D eigenvalue weighted by molar-refractivity contribution is -0.262. The summed E-state index contributed by atoms with van der Waals surface area (Å²) >= 11 is 0. The summed E-state index contributed by atoms with van der Waals surface area (Å²) < 4.78 is 40.5. The molecule has 0 radical (unpaired) electrons. The predicted octanol–water partition coefficient (Wildman–Crippen LogP) is 1.39. The molecule has 3 saturated heterocycles. The quantitative estimate of drug-likeness (QED) is 0.726. The molecular formula is C15H26O7. The number of methoxy groups -OCH3 is 1. The summed E-state index contributed by atoms with van der Waals surface area (Å²) in [4.78, 5) is 0. The third-order valence-corrected chi connectivity index (χ3v) is 4.32. The summed E-state index contributed by atoms with van der Waals surface area (Å²) in [5.41, 5.74) is -0.747. The maximum absolute atomic E-state index is 6.08. The molecule has 7 heteroatoms. The van der Waals surface area contributed by atoms with Gasteiger partial charge in [0.15, 0.2) is 17.9 Å². The van der Waals surface area contributed by atoms with Gasteiger partial charge in [-0.15, -0.1) is 0 Å². The van der Waals surface area contributed by atoms with Crippen molar-refractivity contribution >= 4 is 0 Å². The van der Waals surface area contributed by atoms with Gasteiger partial charge >= 0.3 is 0 Å². The lowest BCUT2D eigenvalue weighted by Crippen LogP contribution is -2.54. The van der Waals surface area contributed by atoms with E-state index >= 15 is 0 Å². The molecular weight excluding hydrogens is 292 g/mol. The van der Waals surface area contributed by atoms with Crippen LogP contribution in [0, 0.1) is 0 Å². The lowest BCUT2D eigenvalue weighted by Gasteiger charge is -2.36. The van der Waals surface area contributed by atoms with Crippen LogP contribution in [-0.4, -0.2) is 62.3 Å². The maximum atomic E-state index is 6.08. The second kappa shape index (κ2) is 5.37. The zero-order chi connectivity index (χ0) is 16.2. The van der Waals surface area contributed by atoms with Crippen molar-refractivity contribution in [3.8, 4) is 0 Å². The van der Waals surface area contributed by atoms with Gasteiger partial charge in [-0.05, 0) is 34.6 Å². The second-order valence-corrected chi connectivity index (χ2v) is 7.08. The van der Waals surface area contributed by atoms with Gasteiger partial charge in [-0.2, -0.15) is 0 Å². The average Bonchev–Trinajstić information content (AvgIpc) is 2.99. The monoisotopic (exact) mass is 318 g/mol. The molecule has 5 atom stereocenters. The van der Waals surface area contributed by atoms with E-state index in [-0.39, 0.29) is 25.1 Å². The fourth-order valence-electron chi connectivity index (χ4n) is 3.33. The molecule has 3 heterocycles. The van der Waals surface area contributed by atoms with Crippen LogP contribution in [0.4, 0.5) is 0 Å². The molecule has 0 aromatic rings. The van der Waals surface area contributed by atoms with E-state index < -0.39 is 23.5 Å². The Balaban J connectivity index is 1.81. The van der Waals surface area contributed by atoms with E-state index in [1.807, 2.05) is 34.6 Å². The van der Waals surface area contributed by atoms with E-state index in [2.05, 4.69) is 0 Å². The molecule has 0 bridgehead atoms. The van der Waals surface area contributed by atoms with Gasteiger partial charge < -0.3 is 33.2 Å². The fraction of sp³-hybridized carbons (Fsp3) is 1.00. The number of rotatable bonds is 4. The SMILES string of the molecule is COCO[C@@]1(C)[C@@H]([C@H]2COC(C)(C)O2)O[C@@H]2OC(C)(C)O[C@@H]21. The summed E-state index contributed by atoms with van der Waals surface area (Å²) in [5.74, 6) is -1.33. The van der Waals surface area contributed by atoms with Crippen molar-refractivity contribution in [3.63, 3.8) is 0 Å². The highest BCUT2D eigenvalue weighted by Crippen LogP contribution is 2.47. The van der Waals surface area contributed by atoms with Crippen LogP contribution >= 0.6 is 0 Å². The Morgan fingerprint density at radius 2 is 1.68 bits per heavy atom. The summed E-state index contributed by atoms with van der Waals surface area (Å²) in [6.45, 7) is 10.0. The first kappa shape index (κ1) is 16.6. The molecule has 22 heavy (non-hydrogen) atoms. The van der Waals surface area contributed by atoms with Crippen LogP contribution < -0.4 is 0 Å². The van der Waals surface area contributed by atoms with Gasteiger partial charge in [-0.1, -0.05) is 0 Å². The van der Waals surface area contributed by atoms with Gasteiger partial charge in [-0.3, -0.25) is 0 Å². The van der Waals surface area contributed by atoms with Crippen LogP contribution in [0.3, 0.4) is 0 Å². The molecule has 3 fully saturated rings. The van der Waals surface area contributed by atoms with Gasteiger partial charge in [0.1, 0.15) is 30.7 Å². The molecule has 128 valence electrons. The molecule has 0 N–H and O–H groups in total. The Kier molecular flexibility index (Phi) is 4.05. The molecule has 0 saturated carbocycles. The molecule has 0 unspecified atom stereocenters. The van der Waals surface area contributed by atoms with Gasteiger partial charge in [-0.25, -0.2) is 0 Å². The van der Waals surface area contributed by atoms with Crippen LogP contribution in [0.2, 0.25) is 0 Å². The van der Waals surface area contributed by atoms with Crippen molar-refractivity contribution < 1.29 is 33.2 Å². The lowest BCUT2D eigenvalue weighted by atomic mass is 9.91. The van der Waals surface area contributed by atoms with Crippen molar-refractivity contribution in [1.29, 1.82) is 0 Å². The fourth-order valence-corrected chi connectivity index (χ4v) is 3.33. The van der Waals surface area contributed by atoms with Crippen molar-refractivity contribution in [3.05, 3.63) is 0 Å². The number of hydrogen-bond acceptors (Lipinski definition) is 7. The van der Waals surface area contributed by atoms with E-state index in [1.54, 1.807) is 7.11 Å². The summed E-state index contributed by atoms with van der Waals surface area (Å²) in [6.07, 6.45) is -1.46. The molecule has 3 aliphatic rings. The minimum atomic E-state index is -0.747. The van der Waals surface area contributed by atoms with E-state index in [9.17, 15) is 0 Å². The van der Waals surface area contributed by atoms with E-state index in [1.165, 1.54) is 0 Å². The number of ether oxygens (including phenoxy) is 7. The third-order valence-electron chi connectivity index (χ3n) is 4.32. The van der Waals surface area contributed by atoms with Crippen LogP contribution in [0.15, 0.2) is 0 Å².